The molecule has 176 valence electrons. The first-order valence-electron chi connectivity index (χ1n) is 10.5. The van der Waals surface area contributed by atoms with Crippen LogP contribution < -0.4 is 20.1 Å². The number of hydrogen-bond donors (Lipinski definition) is 1. The second kappa shape index (κ2) is 9.61. The maximum Gasteiger partial charge on any atom is 0.270 e. The summed E-state index contributed by atoms with van der Waals surface area (Å²) in [6.07, 6.45) is 3.01. The van der Waals surface area contributed by atoms with Crippen molar-refractivity contribution >= 4 is 40.3 Å². The number of benzene rings is 2. The predicted molar refractivity (Wildman–Crippen MR) is 128 cm³/mol. The summed E-state index contributed by atoms with van der Waals surface area (Å²) in [7, 11) is 3.10. The minimum atomic E-state index is -0.466. The quantitative estimate of drug-likeness (QED) is 0.331. The van der Waals surface area contributed by atoms with Crippen LogP contribution in [0.1, 0.15) is 5.56 Å². The lowest BCUT2D eigenvalue weighted by atomic mass is 10.2. The number of nitrogens with zero attached hydrogens (tertiary/aromatic N) is 5. The first-order valence-corrected chi connectivity index (χ1v) is 10.5. The van der Waals surface area contributed by atoms with E-state index in [1.54, 1.807) is 49.5 Å². The van der Waals surface area contributed by atoms with Gasteiger partial charge in [0.15, 0.2) is 11.5 Å². The molecule has 1 saturated heterocycles. The van der Waals surface area contributed by atoms with E-state index in [9.17, 15) is 14.9 Å². The van der Waals surface area contributed by atoms with Crippen molar-refractivity contribution in [3.05, 3.63) is 58.2 Å². The number of aromatic nitrogens is 2. The van der Waals surface area contributed by atoms with Gasteiger partial charge < -0.3 is 25.0 Å². The number of anilines is 2. The summed E-state index contributed by atoms with van der Waals surface area (Å²) in [6.45, 7) is 2.03. The molecular weight excluding hydrogens is 440 g/mol. The number of non-ortho nitro benzene ring substituents is 1. The average molecular weight is 464 g/mol. The molecule has 34 heavy (non-hydrogen) atoms. The summed E-state index contributed by atoms with van der Waals surface area (Å²) < 4.78 is 10.7. The van der Waals surface area contributed by atoms with Gasteiger partial charge in [-0.05, 0) is 17.7 Å². The molecule has 2 N–H and O–H groups in total. The Morgan fingerprint density at radius 2 is 1.79 bits per heavy atom. The van der Waals surface area contributed by atoms with E-state index in [2.05, 4.69) is 9.97 Å². The molecule has 1 aliphatic heterocycles. The van der Waals surface area contributed by atoms with Crippen LogP contribution in [-0.2, 0) is 4.79 Å². The molecule has 2 aromatic carbocycles. The van der Waals surface area contributed by atoms with E-state index < -0.39 is 4.92 Å². The highest BCUT2D eigenvalue weighted by Gasteiger charge is 2.23. The lowest BCUT2D eigenvalue weighted by Crippen LogP contribution is -2.48. The highest BCUT2D eigenvalue weighted by Crippen LogP contribution is 2.34. The average Bonchev–Trinajstić information content (AvgIpc) is 2.86. The summed E-state index contributed by atoms with van der Waals surface area (Å²) in [4.78, 5) is 35.8. The fourth-order valence-electron chi connectivity index (χ4n) is 3.75. The molecule has 0 unspecified atom stereocenters. The Morgan fingerprint density at radius 3 is 2.47 bits per heavy atom. The number of fused-ring (bicyclic) bond motifs is 1. The van der Waals surface area contributed by atoms with Crippen molar-refractivity contribution in [1.29, 1.82) is 0 Å². The zero-order chi connectivity index (χ0) is 24.2. The summed E-state index contributed by atoms with van der Waals surface area (Å²) in [6, 6.07) is 9.63. The zero-order valence-electron chi connectivity index (χ0n) is 18.8. The zero-order valence-corrected chi connectivity index (χ0v) is 18.8. The van der Waals surface area contributed by atoms with Crippen LogP contribution in [-0.4, -0.2) is 66.1 Å². The van der Waals surface area contributed by atoms with Gasteiger partial charge in [-0.2, -0.15) is 4.98 Å². The number of hydrogen-bond acceptors (Lipinski definition) is 9. The molecule has 2 heterocycles. The van der Waals surface area contributed by atoms with Crippen molar-refractivity contribution in [3.63, 3.8) is 0 Å². The minimum absolute atomic E-state index is 0.0195. The van der Waals surface area contributed by atoms with Crippen molar-refractivity contribution in [3.8, 4) is 11.5 Å². The molecular formula is C23H24N6O5. The molecule has 11 nitrogen and oxygen atoms in total. The smallest absolute Gasteiger partial charge is 0.270 e. The lowest BCUT2D eigenvalue weighted by molar-refractivity contribution is -0.384. The Bertz CT molecular complexity index is 1270. The van der Waals surface area contributed by atoms with Crippen LogP contribution in [0.15, 0.2) is 42.5 Å². The second-order valence-corrected chi connectivity index (χ2v) is 7.63. The number of rotatable bonds is 6. The molecule has 0 bridgehead atoms. The first kappa shape index (κ1) is 22.8. The monoisotopic (exact) mass is 464 g/mol. The van der Waals surface area contributed by atoms with Gasteiger partial charge in [-0.15, -0.1) is 0 Å². The van der Waals surface area contributed by atoms with Gasteiger partial charge in [-0.25, -0.2) is 4.98 Å². The van der Waals surface area contributed by atoms with Crippen molar-refractivity contribution in [2.75, 3.05) is 51.0 Å². The van der Waals surface area contributed by atoms with Crippen molar-refractivity contribution in [2.24, 2.45) is 0 Å². The Labute approximate surface area is 195 Å². The highest BCUT2D eigenvalue weighted by atomic mass is 16.6. The number of carbonyl (C=O) groups excluding carboxylic acids is 1. The Balaban J connectivity index is 1.44. The first-order chi connectivity index (χ1) is 16.4. The molecule has 4 rings (SSSR count). The molecule has 1 fully saturated rings. The number of ether oxygens (including phenoxy) is 2. The molecule has 0 atom stereocenters. The number of amides is 1. The van der Waals surface area contributed by atoms with Gasteiger partial charge in [0.1, 0.15) is 5.82 Å². The SMILES string of the molecule is COc1cc2nc(N3CCN(C(=O)/C=C/c4cccc([N+](=O)[O-])c4)CC3)nc(N)c2cc1OC. The maximum atomic E-state index is 12.6. The molecule has 0 aliphatic carbocycles. The molecule has 0 saturated carbocycles. The van der Waals surface area contributed by atoms with Crippen LogP contribution in [0.5, 0.6) is 11.5 Å². The summed E-state index contributed by atoms with van der Waals surface area (Å²) in [5, 5.41) is 11.6. The Morgan fingerprint density at radius 1 is 1.09 bits per heavy atom. The third-order valence-electron chi connectivity index (χ3n) is 5.59. The van der Waals surface area contributed by atoms with E-state index in [1.165, 1.54) is 18.2 Å². The number of methoxy groups -OCH3 is 2. The topological polar surface area (TPSA) is 137 Å². The van der Waals surface area contributed by atoms with Crippen LogP contribution in [0.2, 0.25) is 0 Å². The van der Waals surface area contributed by atoms with Gasteiger partial charge in [-0.3, -0.25) is 14.9 Å². The van der Waals surface area contributed by atoms with Gasteiger partial charge in [0.05, 0.1) is 24.7 Å². The van der Waals surface area contributed by atoms with Gasteiger partial charge in [0.25, 0.3) is 5.69 Å². The number of nitro benzene ring substituents is 1. The second-order valence-electron chi connectivity index (χ2n) is 7.63. The third kappa shape index (κ3) is 4.68. The van der Waals surface area contributed by atoms with Crippen molar-refractivity contribution in [1.82, 2.24) is 14.9 Å². The highest BCUT2D eigenvalue weighted by molar-refractivity contribution is 5.93. The van der Waals surface area contributed by atoms with Gasteiger partial charge in [-0.1, -0.05) is 12.1 Å². The molecule has 11 heteroatoms. The summed E-state index contributed by atoms with van der Waals surface area (Å²) in [5.74, 6) is 1.74. The van der Waals surface area contributed by atoms with E-state index in [0.29, 0.717) is 65.9 Å². The number of nitro groups is 1. The van der Waals surface area contributed by atoms with Crippen LogP contribution in [0.4, 0.5) is 17.5 Å². The van der Waals surface area contributed by atoms with Crippen molar-refractivity contribution < 1.29 is 19.2 Å². The van der Waals surface area contributed by atoms with E-state index >= 15 is 0 Å². The van der Waals surface area contributed by atoms with E-state index in [1.807, 2.05) is 4.90 Å². The van der Waals surface area contributed by atoms with Crippen LogP contribution in [0.3, 0.4) is 0 Å². The summed E-state index contributed by atoms with van der Waals surface area (Å²) in [5.41, 5.74) is 7.40. The maximum absolute atomic E-state index is 12.6. The van der Waals surface area contributed by atoms with Crippen molar-refractivity contribution in [2.45, 2.75) is 0 Å². The molecule has 0 spiro atoms. The van der Waals surface area contributed by atoms with E-state index in [0.717, 1.165) is 0 Å². The Hall–Kier alpha value is -4.41. The van der Waals surface area contributed by atoms with E-state index in [4.69, 9.17) is 15.2 Å². The standard InChI is InChI=1S/C23H24N6O5/c1-33-19-13-17-18(14-20(19)34-2)25-23(26-22(17)24)28-10-8-27(9-11-28)21(30)7-6-15-4-3-5-16(12-15)29(31)32/h3-7,12-14H,8-11H2,1-2H3,(H2,24,25,26)/b7-6+. The fraction of sp³-hybridized carbons (Fsp3) is 0.261. The summed E-state index contributed by atoms with van der Waals surface area (Å²) >= 11 is 0. The molecule has 1 amide bonds. The van der Waals surface area contributed by atoms with E-state index in [-0.39, 0.29) is 11.6 Å². The van der Waals surface area contributed by atoms with Gasteiger partial charge in [0.2, 0.25) is 11.9 Å². The molecule has 1 aliphatic rings. The lowest BCUT2D eigenvalue weighted by Gasteiger charge is -2.34. The van der Waals surface area contributed by atoms with Crippen LogP contribution in [0, 0.1) is 10.1 Å². The number of carbonyl (C=O) groups is 1. The molecule has 0 radical (unpaired) electrons. The molecule has 1 aromatic heterocycles. The molecule has 3 aromatic rings. The largest absolute Gasteiger partial charge is 0.493 e. The van der Waals surface area contributed by atoms with Gasteiger partial charge >= 0.3 is 0 Å². The number of nitrogen functional groups attached to an aromatic ring is 1. The van der Waals surface area contributed by atoms with Crippen LogP contribution >= 0.6 is 0 Å². The van der Waals surface area contributed by atoms with Crippen LogP contribution in [0.25, 0.3) is 17.0 Å². The third-order valence-corrected chi connectivity index (χ3v) is 5.59. The number of nitrogens with two attached hydrogens (primary N) is 1. The predicted octanol–water partition coefficient (Wildman–Crippen LogP) is 2.50. The number of piperazine rings is 1. The minimum Gasteiger partial charge on any atom is -0.493 e. The fourth-order valence-corrected chi connectivity index (χ4v) is 3.75. The van der Waals surface area contributed by atoms with Gasteiger partial charge in [0, 0.05) is 55.8 Å². The normalized spacial score (nSPS) is 13.9. The Kier molecular flexibility index (Phi) is 6.44.